The van der Waals surface area contributed by atoms with Gasteiger partial charge < -0.3 is 4.90 Å². The molecule has 0 aromatic carbocycles. The van der Waals surface area contributed by atoms with Crippen LogP contribution in [0, 0.1) is 0 Å². The minimum absolute atomic E-state index is 0.442. The van der Waals surface area contributed by atoms with Crippen molar-refractivity contribution in [1.29, 1.82) is 0 Å². The van der Waals surface area contributed by atoms with Gasteiger partial charge in [0.1, 0.15) is 0 Å². The molecule has 0 N–H and O–H groups in total. The van der Waals surface area contributed by atoms with E-state index >= 15 is 0 Å². The normalized spacial score (nSPS) is 24.9. The summed E-state index contributed by atoms with van der Waals surface area (Å²) >= 11 is 8.61. The van der Waals surface area contributed by atoms with Crippen molar-refractivity contribution in [3.63, 3.8) is 0 Å². The molecule has 0 atom stereocenters. The molecule has 62 valence electrons. The number of piperazine rings is 1. The maximum absolute atomic E-state index is 4.31. The molecule has 0 amide bonds. The van der Waals surface area contributed by atoms with E-state index in [0.717, 1.165) is 26.2 Å². The van der Waals surface area contributed by atoms with Crippen molar-refractivity contribution in [2.24, 2.45) is 0 Å². The summed E-state index contributed by atoms with van der Waals surface area (Å²) in [5, 5.41) is 0. The Morgan fingerprint density at radius 2 is 1.60 bits per heavy atom. The first-order valence-electron chi connectivity index (χ1n) is 3.31. The Hall–Kier alpha value is 0.970. The number of thiol groups is 3. The van der Waals surface area contributed by atoms with E-state index in [9.17, 15) is 0 Å². The predicted molar refractivity (Wildman–Crippen MR) is 56.0 cm³/mol. The average molecular weight is 198 g/mol. The highest BCUT2D eigenvalue weighted by Crippen LogP contribution is 2.39. The zero-order valence-electron chi connectivity index (χ0n) is 6.06. The van der Waals surface area contributed by atoms with Crippen LogP contribution >= 0.6 is 32.5 Å². The van der Waals surface area contributed by atoms with Crippen LogP contribution in [0.1, 0.15) is 0 Å². The Bertz CT molecular complexity index is 101. The molecule has 0 aromatic rings. The van der Waals surface area contributed by atoms with E-state index in [-0.39, 0.29) is 0 Å². The third-order valence-corrected chi connectivity index (χ3v) is 4.16. The lowest BCUT2D eigenvalue weighted by Crippen LogP contribution is -2.41. The Kier molecular flexibility index (Phi) is 3.72. The number of likely N-dealkylation sites (N-methyl/N-ethyl adjacent to an activating group) is 1. The van der Waals surface area contributed by atoms with E-state index in [1.54, 1.807) is 0 Å². The van der Waals surface area contributed by atoms with Crippen molar-refractivity contribution >= 4 is 32.5 Å². The summed E-state index contributed by atoms with van der Waals surface area (Å²) in [5.41, 5.74) is 0. The quantitative estimate of drug-likeness (QED) is 0.424. The van der Waals surface area contributed by atoms with Gasteiger partial charge in [-0.25, -0.2) is 0 Å². The summed E-state index contributed by atoms with van der Waals surface area (Å²) in [6, 6.07) is 0. The monoisotopic (exact) mass is 198 g/mol. The molecule has 1 fully saturated rings. The second-order valence-electron chi connectivity index (χ2n) is 2.53. The predicted octanol–water partition coefficient (Wildman–Crippen LogP) is 0.840. The van der Waals surface area contributed by atoms with Crippen LogP contribution in [0.2, 0.25) is 0 Å². The Morgan fingerprint density at radius 3 is 2.00 bits per heavy atom. The molecule has 5 heteroatoms. The molecule has 1 aliphatic heterocycles. The molecule has 10 heavy (non-hydrogen) atoms. The molecule has 0 saturated carbocycles. The summed E-state index contributed by atoms with van der Waals surface area (Å²) in [7, 11) is 1.71. The van der Waals surface area contributed by atoms with Crippen LogP contribution in [0.4, 0.5) is 0 Å². The summed E-state index contributed by atoms with van der Waals surface area (Å²) < 4.78 is 2.32. The molecule has 0 radical (unpaired) electrons. The molecule has 0 aliphatic carbocycles. The van der Waals surface area contributed by atoms with Gasteiger partial charge in [-0.2, -0.15) is 0 Å². The molecule has 1 aliphatic rings. The highest BCUT2D eigenvalue weighted by atomic mass is 33.5. The van der Waals surface area contributed by atoms with Crippen molar-refractivity contribution in [2.75, 3.05) is 33.2 Å². The Labute approximate surface area is 75.0 Å². The molecule has 1 heterocycles. The van der Waals surface area contributed by atoms with E-state index in [4.69, 9.17) is 0 Å². The van der Waals surface area contributed by atoms with Gasteiger partial charge >= 0.3 is 0 Å². The molecule has 0 unspecified atom stereocenters. The molecular weight excluding hydrogens is 184 g/mol. The van der Waals surface area contributed by atoms with Gasteiger partial charge in [-0.15, -0.1) is 32.5 Å². The second kappa shape index (κ2) is 4.11. The zero-order valence-corrected chi connectivity index (χ0v) is 8.75. The molecule has 1 saturated heterocycles. The first kappa shape index (κ1) is 9.06. The van der Waals surface area contributed by atoms with E-state index in [1.807, 2.05) is 0 Å². The first-order chi connectivity index (χ1) is 4.70. The summed E-state index contributed by atoms with van der Waals surface area (Å²) in [6.07, 6.45) is 0. The van der Waals surface area contributed by atoms with Crippen molar-refractivity contribution in [3.8, 4) is 0 Å². The molecule has 1 rings (SSSR count). The van der Waals surface area contributed by atoms with Crippen molar-refractivity contribution in [2.45, 2.75) is 0 Å². The van der Waals surface area contributed by atoms with E-state index in [1.165, 1.54) is 0 Å². The highest BCUT2D eigenvalue weighted by Gasteiger charge is 2.14. The van der Waals surface area contributed by atoms with Gasteiger partial charge in [0.25, 0.3) is 0 Å². The number of hydrogen-bond acceptors (Lipinski definition) is 4. The van der Waals surface area contributed by atoms with Crippen LogP contribution in [0.3, 0.4) is 0 Å². The fourth-order valence-electron chi connectivity index (χ4n) is 0.975. The van der Waals surface area contributed by atoms with Crippen LogP contribution in [0.15, 0.2) is 0 Å². The Balaban J connectivity index is 2.26. The fraction of sp³-hybridized carbons (Fsp3) is 1.00. The summed E-state index contributed by atoms with van der Waals surface area (Å²) in [6.45, 7) is 4.55. The second-order valence-corrected chi connectivity index (χ2v) is 6.85. The third-order valence-electron chi connectivity index (χ3n) is 1.73. The van der Waals surface area contributed by atoms with Crippen LogP contribution in [-0.2, 0) is 0 Å². The standard InChI is InChI=1S/C5H14N2S3/c1-6-2-4-7(5-3-6)10(8)9/h8-10H,2-5H2,1H3. The van der Waals surface area contributed by atoms with Gasteiger partial charge in [-0.3, -0.25) is 4.31 Å². The lowest BCUT2D eigenvalue weighted by Gasteiger charge is -2.35. The van der Waals surface area contributed by atoms with Gasteiger partial charge in [0.15, 0.2) is 0 Å². The van der Waals surface area contributed by atoms with Crippen molar-refractivity contribution < 1.29 is 0 Å². The largest absolute Gasteiger partial charge is 0.304 e. The maximum atomic E-state index is 4.31. The highest BCUT2D eigenvalue weighted by molar-refractivity contribution is 9.08. The molecular formula is C5H14N2S3. The molecule has 0 bridgehead atoms. The zero-order chi connectivity index (χ0) is 7.56. The maximum Gasteiger partial charge on any atom is 0.0215 e. The van der Waals surface area contributed by atoms with Crippen LogP contribution in [0.25, 0.3) is 0 Å². The number of nitrogens with zero attached hydrogens (tertiary/aromatic N) is 2. The van der Waals surface area contributed by atoms with Gasteiger partial charge in [0.05, 0.1) is 0 Å². The smallest absolute Gasteiger partial charge is 0.0215 e. The van der Waals surface area contributed by atoms with E-state index < -0.39 is 9.15 Å². The van der Waals surface area contributed by atoms with Crippen molar-refractivity contribution in [1.82, 2.24) is 9.21 Å². The van der Waals surface area contributed by atoms with Gasteiger partial charge in [-0.05, 0) is 7.05 Å². The number of rotatable bonds is 1. The van der Waals surface area contributed by atoms with Gasteiger partial charge in [0, 0.05) is 26.2 Å². The molecule has 0 aromatic heterocycles. The topological polar surface area (TPSA) is 6.48 Å². The lowest BCUT2D eigenvalue weighted by atomic mass is 10.4. The Morgan fingerprint density at radius 1 is 1.10 bits per heavy atom. The van der Waals surface area contributed by atoms with Crippen LogP contribution in [-0.4, -0.2) is 42.4 Å². The van der Waals surface area contributed by atoms with Crippen LogP contribution < -0.4 is 0 Å². The molecule has 0 spiro atoms. The SMILES string of the molecule is CN1CCN([SH](S)S)CC1. The lowest BCUT2D eigenvalue weighted by molar-refractivity contribution is 0.234. The first-order valence-corrected chi connectivity index (χ1v) is 6.91. The summed E-state index contributed by atoms with van der Waals surface area (Å²) in [4.78, 5) is 2.33. The minimum atomic E-state index is -0.442. The fourth-order valence-corrected chi connectivity index (χ4v) is 2.58. The van der Waals surface area contributed by atoms with Crippen LogP contribution in [0.5, 0.6) is 0 Å². The third kappa shape index (κ3) is 2.54. The molecule has 2 nitrogen and oxygen atoms in total. The number of hydrogen-bond donors (Lipinski definition) is 3. The van der Waals surface area contributed by atoms with E-state index in [0.29, 0.717) is 0 Å². The van der Waals surface area contributed by atoms with Gasteiger partial charge in [-0.1, -0.05) is 0 Å². The van der Waals surface area contributed by atoms with Gasteiger partial charge in [0.2, 0.25) is 0 Å². The minimum Gasteiger partial charge on any atom is -0.304 e. The van der Waals surface area contributed by atoms with Crippen molar-refractivity contribution in [3.05, 3.63) is 0 Å². The average Bonchev–Trinajstić information content (AvgIpc) is 1.88. The summed E-state index contributed by atoms with van der Waals surface area (Å²) in [5.74, 6) is 0. The van der Waals surface area contributed by atoms with E-state index in [2.05, 4.69) is 39.6 Å².